The van der Waals surface area contributed by atoms with Gasteiger partial charge in [-0.05, 0) is 33.0 Å². The highest BCUT2D eigenvalue weighted by Gasteiger charge is 2.25. The van der Waals surface area contributed by atoms with Gasteiger partial charge < -0.3 is 15.0 Å². The molecule has 1 aromatic heterocycles. The van der Waals surface area contributed by atoms with Crippen molar-refractivity contribution in [2.45, 2.75) is 32.6 Å². The SMILES string of the molecule is CNCc1cc2ccccc2nc1N1C[C@@H](C)O[C@@H](C)C1. The summed E-state index contributed by atoms with van der Waals surface area (Å²) in [5, 5.41) is 4.45. The van der Waals surface area contributed by atoms with Crippen molar-refractivity contribution in [1.82, 2.24) is 10.3 Å². The number of morpholine rings is 1. The van der Waals surface area contributed by atoms with Crippen LogP contribution in [-0.4, -0.2) is 37.3 Å². The fraction of sp³-hybridized carbons (Fsp3) is 0.471. The molecule has 2 atom stereocenters. The number of pyridine rings is 1. The zero-order valence-corrected chi connectivity index (χ0v) is 13.0. The van der Waals surface area contributed by atoms with Crippen LogP contribution < -0.4 is 10.2 Å². The van der Waals surface area contributed by atoms with E-state index >= 15 is 0 Å². The number of nitrogens with zero attached hydrogens (tertiary/aromatic N) is 2. The zero-order valence-electron chi connectivity index (χ0n) is 13.0. The summed E-state index contributed by atoms with van der Waals surface area (Å²) in [6, 6.07) is 10.6. The molecule has 0 spiro atoms. The summed E-state index contributed by atoms with van der Waals surface area (Å²) in [4.78, 5) is 7.28. The van der Waals surface area contributed by atoms with Crippen molar-refractivity contribution >= 4 is 16.7 Å². The van der Waals surface area contributed by atoms with E-state index in [1.54, 1.807) is 0 Å². The van der Waals surface area contributed by atoms with Crippen LogP contribution in [0.2, 0.25) is 0 Å². The standard InChI is InChI=1S/C17H23N3O/c1-12-10-20(11-13(2)21-12)17-15(9-18-3)8-14-6-4-5-7-16(14)19-17/h4-8,12-13,18H,9-11H2,1-3H3/t12-,13+. The average molecular weight is 285 g/mol. The Hall–Kier alpha value is -1.65. The molecule has 0 bridgehead atoms. The Kier molecular flexibility index (Phi) is 4.08. The van der Waals surface area contributed by atoms with Gasteiger partial charge in [0.1, 0.15) is 5.82 Å². The molecule has 4 heteroatoms. The van der Waals surface area contributed by atoms with Crippen LogP contribution in [0.3, 0.4) is 0 Å². The van der Waals surface area contributed by atoms with E-state index in [9.17, 15) is 0 Å². The number of anilines is 1. The predicted octanol–water partition coefficient (Wildman–Crippen LogP) is 2.57. The Balaban J connectivity index is 2.04. The predicted molar refractivity (Wildman–Crippen MR) is 86.7 cm³/mol. The second kappa shape index (κ2) is 6.00. The quantitative estimate of drug-likeness (QED) is 0.940. The van der Waals surface area contributed by atoms with Gasteiger partial charge in [0, 0.05) is 30.6 Å². The van der Waals surface area contributed by atoms with E-state index in [4.69, 9.17) is 9.72 Å². The number of fused-ring (bicyclic) bond motifs is 1. The number of aromatic nitrogens is 1. The second-order valence-corrected chi connectivity index (χ2v) is 5.86. The van der Waals surface area contributed by atoms with E-state index in [1.165, 1.54) is 10.9 Å². The van der Waals surface area contributed by atoms with Gasteiger partial charge in [-0.2, -0.15) is 0 Å². The maximum Gasteiger partial charge on any atom is 0.133 e. The van der Waals surface area contributed by atoms with E-state index in [0.717, 1.165) is 31.0 Å². The molecule has 1 saturated heterocycles. The number of rotatable bonds is 3. The lowest BCUT2D eigenvalue weighted by Gasteiger charge is -2.37. The average Bonchev–Trinajstić information content (AvgIpc) is 2.46. The molecular weight excluding hydrogens is 262 g/mol. The van der Waals surface area contributed by atoms with Crippen LogP contribution in [0.15, 0.2) is 30.3 Å². The first-order valence-electron chi connectivity index (χ1n) is 7.61. The Morgan fingerprint density at radius 3 is 2.67 bits per heavy atom. The first-order valence-corrected chi connectivity index (χ1v) is 7.61. The van der Waals surface area contributed by atoms with Crippen molar-refractivity contribution in [1.29, 1.82) is 0 Å². The maximum atomic E-state index is 5.84. The van der Waals surface area contributed by atoms with E-state index < -0.39 is 0 Å². The highest BCUT2D eigenvalue weighted by atomic mass is 16.5. The normalized spacial score (nSPS) is 22.7. The minimum Gasteiger partial charge on any atom is -0.372 e. The molecular formula is C17H23N3O. The lowest BCUT2D eigenvalue weighted by atomic mass is 10.1. The Labute approximate surface area is 126 Å². The van der Waals surface area contributed by atoms with Crippen LogP contribution in [0.4, 0.5) is 5.82 Å². The number of ether oxygens (including phenoxy) is 1. The molecule has 2 heterocycles. The smallest absolute Gasteiger partial charge is 0.133 e. The molecule has 3 rings (SSSR count). The number of para-hydroxylation sites is 1. The van der Waals surface area contributed by atoms with E-state index in [2.05, 4.69) is 48.3 Å². The number of hydrogen-bond donors (Lipinski definition) is 1. The molecule has 0 radical (unpaired) electrons. The lowest BCUT2D eigenvalue weighted by Crippen LogP contribution is -2.46. The van der Waals surface area contributed by atoms with Crippen molar-refractivity contribution in [3.63, 3.8) is 0 Å². The molecule has 21 heavy (non-hydrogen) atoms. The van der Waals surface area contributed by atoms with Crippen molar-refractivity contribution in [2.75, 3.05) is 25.0 Å². The summed E-state index contributed by atoms with van der Waals surface area (Å²) in [7, 11) is 1.98. The fourth-order valence-electron chi connectivity index (χ4n) is 3.09. The third-order valence-electron chi connectivity index (χ3n) is 3.87. The van der Waals surface area contributed by atoms with Crippen LogP contribution in [0.25, 0.3) is 10.9 Å². The number of hydrogen-bond acceptors (Lipinski definition) is 4. The Morgan fingerprint density at radius 2 is 1.95 bits per heavy atom. The van der Waals surface area contributed by atoms with Gasteiger partial charge in [0.25, 0.3) is 0 Å². The summed E-state index contributed by atoms with van der Waals surface area (Å²) in [6.07, 6.45) is 0.480. The van der Waals surface area contributed by atoms with E-state index in [1.807, 2.05) is 13.1 Å². The monoisotopic (exact) mass is 285 g/mol. The van der Waals surface area contributed by atoms with Crippen LogP contribution in [0, 0.1) is 0 Å². The molecule has 0 unspecified atom stereocenters. The molecule has 112 valence electrons. The molecule has 1 fully saturated rings. The lowest BCUT2D eigenvalue weighted by molar-refractivity contribution is -0.00549. The molecule has 0 aliphatic carbocycles. The van der Waals surface area contributed by atoms with Gasteiger partial charge in [0.15, 0.2) is 0 Å². The van der Waals surface area contributed by atoms with Gasteiger partial charge in [-0.1, -0.05) is 18.2 Å². The summed E-state index contributed by atoms with van der Waals surface area (Å²) in [5.74, 6) is 1.09. The Bertz CT molecular complexity index is 618. The van der Waals surface area contributed by atoms with Crippen LogP contribution in [-0.2, 0) is 11.3 Å². The van der Waals surface area contributed by atoms with Crippen molar-refractivity contribution < 1.29 is 4.74 Å². The highest BCUT2D eigenvalue weighted by molar-refractivity contribution is 5.81. The summed E-state index contributed by atoms with van der Waals surface area (Å²) in [5.41, 5.74) is 2.30. The highest BCUT2D eigenvalue weighted by Crippen LogP contribution is 2.26. The molecule has 1 aliphatic rings. The largest absolute Gasteiger partial charge is 0.372 e. The first kappa shape index (κ1) is 14.3. The van der Waals surface area contributed by atoms with Gasteiger partial charge in [-0.25, -0.2) is 4.98 Å². The number of nitrogens with one attached hydrogen (secondary N) is 1. The fourth-order valence-corrected chi connectivity index (χ4v) is 3.09. The zero-order chi connectivity index (χ0) is 14.8. The molecule has 4 nitrogen and oxygen atoms in total. The third kappa shape index (κ3) is 3.01. The molecule has 1 aromatic carbocycles. The van der Waals surface area contributed by atoms with E-state index in [0.29, 0.717) is 0 Å². The number of benzene rings is 1. The van der Waals surface area contributed by atoms with Gasteiger partial charge in [0.2, 0.25) is 0 Å². The van der Waals surface area contributed by atoms with Crippen molar-refractivity contribution in [2.24, 2.45) is 0 Å². The van der Waals surface area contributed by atoms with E-state index in [-0.39, 0.29) is 12.2 Å². The molecule has 1 N–H and O–H groups in total. The molecule has 0 amide bonds. The first-order chi connectivity index (χ1) is 10.2. The van der Waals surface area contributed by atoms with Gasteiger partial charge >= 0.3 is 0 Å². The van der Waals surface area contributed by atoms with Crippen LogP contribution in [0.1, 0.15) is 19.4 Å². The molecule has 2 aromatic rings. The molecule has 1 aliphatic heterocycles. The van der Waals surface area contributed by atoms with Gasteiger partial charge in [-0.3, -0.25) is 0 Å². The second-order valence-electron chi connectivity index (χ2n) is 5.86. The van der Waals surface area contributed by atoms with Gasteiger partial charge in [0.05, 0.1) is 17.7 Å². The molecule has 0 saturated carbocycles. The minimum atomic E-state index is 0.240. The Morgan fingerprint density at radius 1 is 1.24 bits per heavy atom. The summed E-state index contributed by atoms with van der Waals surface area (Å²) >= 11 is 0. The summed E-state index contributed by atoms with van der Waals surface area (Å²) < 4.78 is 5.84. The van der Waals surface area contributed by atoms with Gasteiger partial charge in [-0.15, -0.1) is 0 Å². The van der Waals surface area contributed by atoms with Crippen molar-refractivity contribution in [3.05, 3.63) is 35.9 Å². The maximum absolute atomic E-state index is 5.84. The minimum absolute atomic E-state index is 0.240. The third-order valence-corrected chi connectivity index (χ3v) is 3.87. The summed E-state index contributed by atoms with van der Waals surface area (Å²) in [6.45, 7) is 6.87. The van der Waals surface area contributed by atoms with Crippen molar-refractivity contribution in [3.8, 4) is 0 Å². The topological polar surface area (TPSA) is 37.4 Å². The van der Waals surface area contributed by atoms with Crippen LogP contribution in [0.5, 0.6) is 0 Å². The van der Waals surface area contributed by atoms with Crippen LogP contribution >= 0.6 is 0 Å².